The molecule has 1 aliphatic heterocycles. The van der Waals surface area contributed by atoms with E-state index in [0.717, 1.165) is 32.0 Å². The lowest BCUT2D eigenvalue weighted by Gasteiger charge is -2.32. The summed E-state index contributed by atoms with van der Waals surface area (Å²) in [5, 5.41) is 9.72. The predicted molar refractivity (Wildman–Crippen MR) is 155 cm³/mol. The van der Waals surface area contributed by atoms with Crippen LogP contribution in [0.4, 0.5) is 0 Å². The van der Waals surface area contributed by atoms with E-state index in [2.05, 4.69) is 67.9 Å². The fourth-order valence-corrected chi connectivity index (χ4v) is 5.80. The highest BCUT2D eigenvalue weighted by molar-refractivity contribution is 5.89. The Morgan fingerprint density at radius 1 is 1.16 bits per heavy atom. The number of hydrogen-bond acceptors (Lipinski definition) is 5. The van der Waals surface area contributed by atoms with Gasteiger partial charge in [-0.2, -0.15) is 0 Å². The largest absolute Gasteiger partial charge is 0.344 e. The maximum Gasteiger partial charge on any atom is 0.246 e. The number of benzene rings is 1. The van der Waals surface area contributed by atoms with E-state index in [0.29, 0.717) is 31.5 Å². The minimum atomic E-state index is -0.542. The molecule has 5 unspecified atom stereocenters. The number of likely N-dealkylation sites (tertiary alicyclic amines) is 1. The van der Waals surface area contributed by atoms with Crippen molar-refractivity contribution in [3.05, 3.63) is 35.4 Å². The van der Waals surface area contributed by atoms with Crippen LogP contribution in [-0.2, 0) is 20.8 Å². The van der Waals surface area contributed by atoms with E-state index >= 15 is 0 Å². The van der Waals surface area contributed by atoms with Gasteiger partial charge in [0.25, 0.3) is 0 Å². The molecular formula is C31H52N4O3. The second-order valence-corrected chi connectivity index (χ2v) is 11.1. The van der Waals surface area contributed by atoms with Gasteiger partial charge < -0.3 is 25.6 Å². The van der Waals surface area contributed by atoms with Crippen molar-refractivity contribution < 1.29 is 14.4 Å². The Labute approximate surface area is 230 Å². The van der Waals surface area contributed by atoms with Crippen molar-refractivity contribution in [3.63, 3.8) is 0 Å². The molecule has 1 aromatic rings. The number of nitrogens with one attached hydrogen (secondary N) is 3. The van der Waals surface area contributed by atoms with Gasteiger partial charge in [0.2, 0.25) is 11.8 Å². The molecule has 1 aromatic carbocycles. The summed E-state index contributed by atoms with van der Waals surface area (Å²) in [5.41, 5.74) is 3.04. The van der Waals surface area contributed by atoms with Crippen molar-refractivity contribution in [2.45, 2.75) is 123 Å². The van der Waals surface area contributed by atoms with Crippen molar-refractivity contribution in [1.82, 2.24) is 20.9 Å². The minimum absolute atomic E-state index is 0.0994. The molecule has 5 atom stereocenters. The molecule has 1 saturated heterocycles. The van der Waals surface area contributed by atoms with Crippen molar-refractivity contribution in [1.29, 1.82) is 0 Å². The van der Waals surface area contributed by atoms with Gasteiger partial charge in [0.05, 0.1) is 6.04 Å². The summed E-state index contributed by atoms with van der Waals surface area (Å²) >= 11 is 0. The van der Waals surface area contributed by atoms with Crippen LogP contribution < -0.4 is 16.0 Å². The minimum Gasteiger partial charge on any atom is -0.344 e. The molecule has 38 heavy (non-hydrogen) atoms. The first-order chi connectivity index (χ1) is 18.3. The smallest absolute Gasteiger partial charge is 0.246 e. The summed E-state index contributed by atoms with van der Waals surface area (Å²) in [6.45, 7) is 10.6. The Kier molecular flexibility index (Phi) is 14.0. The van der Waals surface area contributed by atoms with E-state index in [9.17, 15) is 14.4 Å². The first-order valence-electron chi connectivity index (χ1n) is 14.9. The molecule has 1 fully saturated rings. The maximum atomic E-state index is 13.3. The first-order valence-corrected chi connectivity index (χ1v) is 14.9. The van der Waals surface area contributed by atoms with E-state index in [-0.39, 0.29) is 23.8 Å². The topological polar surface area (TPSA) is 90.5 Å². The van der Waals surface area contributed by atoms with Crippen LogP contribution in [0.1, 0.15) is 103 Å². The number of carbonyl (C=O) groups is 3. The normalized spacial score (nSPS) is 22.2. The molecule has 3 rings (SSSR count). The number of aryl methyl sites for hydroxylation is 1. The molecule has 214 valence electrons. The number of aldehydes is 1. The number of rotatable bonds is 12. The average molecular weight is 529 g/mol. The number of amides is 2. The summed E-state index contributed by atoms with van der Waals surface area (Å²) in [6.07, 6.45) is 9.53. The van der Waals surface area contributed by atoms with Gasteiger partial charge in [0.1, 0.15) is 12.3 Å². The van der Waals surface area contributed by atoms with Gasteiger partial charge in [-0.05, 0) is 56.2 Å². The van der Waals surface area contributed by atoms with Gasteiger partial charge in [-0.25, -0.2) is 0 Å². The lowest BCUT2D eigenvalue weighted by molar-refractivity contribution is -0.140. The Bertz CT molecular complexity index is 874. The number of fused-ring (bicyclic) bond motifs is 1. The Hall–Kier alpha value is -2.25. The third-order valence-corrected chi connectivity index (χ3v) is 7.90. The van der Waals surface area contributed by atoms with Crippen molar-refractivity contribution in [3.8, 4) is 0 Å². The molecule has 2 aliphatic rings. The monoisotopic (exact) mass is 528 g/mol. The molecule has 0 bridgehead atoms. The van der Waals surface area contributed by atoms with Gasteiger partial charge in [-0.1, -0.05) is 78.1 Å². The molecule has 1 aliphatic carbocycles. The quantitative estimate of drug-likeness (QED) is 0.346. The summed E-state index contributed by atoms with van der Waals surface area (Å²) < 4.78 is 0. The standard InChI is InChI=1S/C20H37N3O3.C11H15N/c1-6-9-10-15(7-2)19(22-18(25)8-3)20(26)23-12-16(21-14(4)5)11-17(23)13-24;1-12-11-8-4-6-9-5-2-3-7-10(9)11/h13-17,19,21H,6-12H2,1-5H3,(H,22,25);2-3,5,7,11-12H,4,6,8H2,1H3. The van der Waals surface area contributed by atoms with Crippen molar-refractivity contribution in [2.24, 2.45) is 5.92 Å². The molecule has 1 heterocycles. The second-order valence-electron chi connectivity index (χ2n) is 11.1. The summed E-state index contributed by atoms with van der Waals surface area (Å²) in [5.74, 6) is -0.126. The van der Waals surface area contributed by atoms with Crippen LogP contribution in [0, 0.1) is 5.92 Å². The van der Waals surface area contributed by atoms with Crippen LogP contribution in [0.3, 0.4) is 0 Å². The van der Waals surface area contributed by atoms with Crippen LogP contribution in [0.2, 0.25) is 0 Å². The van der Waals surface area contributed by atoms with Crippen molar-refractivity contribution >= 4 is 18.1 Å². The van der Waals surface area contributed by atoms with Crippen LogP contribution >= 0.6 is 0 Å². The van der Waals surface area contributed by atoms with Crippen LogP contribution in [0.5, 0.6) is 0 Å². The maximum absolute atomic E-state index is 13.3. The number of hydrogen-bond donors (Lipinski definition) is 3. The van der Waals surface area contributed by atoms with E-state index < -0.39 is 12.1 Å². The van der Waals surface area contributed by atoms with E-state index in [1.807, 2.05) is 7.05 Å². The first kappa shape index (κ1) is 32.0. The van der Waals surface area contributed by atoms with E-state index in [1.54, 1.807) is 11.8 Å². The van der Waals surface area contributed by atoms with Crippen LogP contribution in [-0.4, -0.2) is 60.8 Å². The van der Waals surface area contributed by atoms with E-state index in [1.165, 1.54) is 30.4 Å². The lowest BCUT2D eigenvalue weighted by atomic mass is 9.88. The Morgan fingerprint density at radius 2 is 1.89 bits per heavy atom. The zero-order valence-corrected chi connectivity index (χ0v) is 24.6. The van der Waals surface area contributed by atoms with E-state index in [4.69, 9.17) is 0 Å². The van der Waals surface area contributed by atoms with Crippen LogP contribution in [0.25, 0.3) is 0 Å². The zero-order valence-electron chi connectivity index (χ0n) is 24.6. The van der Waals surface area contributed by atoms with Gasteiger partial charge in [-0.15, -0.1) is 0 Å². The molecule has 2 amide bonds. The van der Waals surface area contributed by atoms with Gasteiger partial charge in [0.15, 0.2) is 0 Å². The molecule has 0 saturated carbocycles. The average Bonchev–Trinajstić information content (AvgIpc) is 3.34. The van der Waals surface area contributed by atoms with Gasteiger partial charge in [0, 0.05) is 31.1 Å². The summed E-state index contributed by atoms with van der Waals surface area (Å²) in [6, 6.07) is 8.82. The second kappa shape index (κ2) is 16.7. The highest BCUT2D eigenvalue weighted by Gasteiger charge is 2.40. The molecule has 0 aromatic heterocycles. The fourth-order valence-electron chi connectivity index (χ4n) is 5.80. The van der Waals surface area contributed by atoms with Gasteiger partial charge in [-0.3, -0.25) is 9.59 Å². The Morgan fingerprint density at radius 3 is 2.50 bits per heavy atom. The highest BCUT2D eigenvalue weighted by Crippen LogP contribution is 2.28. The number of carbonyl (C=O) groups excluding carboxylic acids is 3. The zero-order chi connectivity index (χ0) is 28.1. The molecule has 7 nitrogen and oxygen atoms in total. The number of unbranched alkanes of at least 4 members (excludes halogenated alkanes) is 1. The number of nitrogens with zero attached hydrogens (tertiary/aromatic N) is 1. The lowest BCUT2D eigenvalue weighted by Crippen LogP contribution is -2.54. The SMILES string of the molecule is CCCCC(CC)C(NC(=O)CC)C(=O)N1CC(NC(C)C)CC1C=O.CNC1CCCc2ccccc21. The van der Waals surface area contributed by atoms with Crippen molar-refractivity contribution in [2.75, 3.05) is 13.6 Å². The third kappa shape index (κ3) is 9.19. The molecule has 7 heteroatoms. The molecule has 3 N–H and O–H groups in total. The summed E-state index contributed by atoms with van der Waals surface area (Å²) in [4.78, 5) is 38.5. The molecule has 0 spiro atoms. The highest BCUT2D eigenvalue weighted by atomic mass is 16.2. The van der Waals surface area contributed by atoms with Gasteiger partial charge >= 0.3 is 0 Å². The Balaban J connectivity index is 0.000000347. The van der Waals surface area contributed by atoms with Crippen LogP contribution in [0.15, 0.2) is 24.3 Å². The third-order valence-electron chi connectivity index (χ3n) is 7.90. The molecular weight excluding hydrogens is 476 g/mol. The predicted octanol–water partition coefficient (Wildman–Crippen LogP) is 4.55. The fraction of sp³-hybridized carbons (Fsp3) is 0.710. The molecule has 0 radical (unpaired) electrons. The summed E-state index contributed by atoms with van der Waals surface area (Å²) in [7, 11) is 2.05.